The third-order valence-electron chi connectivity index (χ3n) is 5.51. The largest absolute Gasteiger partial charge is 0.480 e. The van der Waals surface area contributed by atoms with Crippen molar-refractivity contribution < 1.29 is 29.1 Å². The zero-order valence-corrected chi connectivity index (χ0v) is 20.7. The van der Waals surface area contributed by atoms with Crippen LogP contribution >= 0.6 is 0 Å². The lowest BCUT2D eigenvalue weighted by atomic mass is 10.0. The van der Waals surface area contributed by atoms with Crippen LogP contribution in [-0.4, -0.2) is 75.4 Å². The molecule has 4 atom stereocenters. The van der Waals surface area contributed by atoms with E-state index < -0.39 is 53.8 Å². The van der Waals surface area contributed by atoms with Gasteiger partial charge in [0.15, 0.2) is 0 Å². The van der Waals surface area contributed by atoms with E-state index in [-0.39, 0.29) is 31.6 Å². The Kier molecular flexibility index (Phi) is 13.1. The summed E-state index contributed by atoms with van der Waals surface area (Å²) in [5.41, 5.74) is 17.1. The number of carboxylic acid groups (broad SMARTS) is 1. The molecule has 0 spiro atoms. The normalized spacial score (nSPS) is 14.4. The number of amides is 4. The number of aliphatic carboxylic acids is 1. The first kappa shape index (κ1) is 30.5. The summed E-state index contributed by atoms with van der Waals surface area (Å²) in [6.07, 6.45) is 3.71. The van der Waals surface area contributed by atoms with Crippen LogP contribution in [-0.2, 0) is 30.4 Å². The van der Waals surface area contributed by atoms with Crippen molar-refractivity contribution in [3.05, 3.63) is 18.2 Å². The number of H-pyrrole nitrogens is 1. The number of aromatic amines is 1. The molecule has 1 aromatic rings. The monoisotopic (exact) mass is 510 g/mol. The van der Waals surface area contributed by atoms with E-state index in [2.05, 4.69) is 25.9 Å². The standard InChI is InChI=1S/C22H38N8O6/c1-12(2)18(25)21(34)29-15(6-7-17(24)31)20(33)28-14(5-3-4-8-23)19(32)30-16(22(35)36)9-13-10-26-11-27-13/h10-12,14-16,18H,3-9,23,25H2,1-2H3,(H2,24,31)(H,26,27)(H,28,33)(H,29,34)(H,30,32)(H,35,36). The summed E-state index contributed by atoms with van der Waals surface area (Å²) in [5.74, 6) is -4.18. The molecule has 14 nitrogen and oxygen atoms in total. The lowest BCUT2D eigenvalue weighted by molar-refractivity contribution is -0.142. The highest BCUT2D eigenvalue weighted by Gasteiger charge is 2.31. The van der Waals surface area contributed by atoms with Crippen LogP contribution in [0, 0.1) is 5.92 Å². The van der Waals surface area contributed by atoms with Gasteiger partial charge in [-0.3, -0.25) is 19.2 Å². The second kappa shape index (κ2) is 15.5. The molecule has 202 valence electrons. The summed E-state index contributed by atoms with van der Waals surface area (Å²) in [5, 5.41) is 17.1. The van der Waals surface area contributed by atoms with E-state index in [0.29, 0.717) is 25.1 Å². The second-order valence-corrected chi connectivity index (χ2v) is 8.86. The first-order valence-electron chi connectivity index (χ1n) is 11.8. The molecule has 0 aliphatic rings. The van der Waals surface area contributed by atoms with E-state index >= 15 is 0 Å². The fraction of sp³-hybridized carbons (Fsp3) is 0.636. The van der Waals surface area contributed by atoms with Gasteiger partial charge in [-0.05, 0) is 38.1 Å². The molecule has 11 N–H and O–H groups in total. The van der Waals surface area contributed by atoms with Crippen molar-refractivity contribution in [3.63, 3.8) is 0 Å². The van der Waals surface area contributed by atoms with Gasteiger partial charge in [-0.2, -0.15) is 0 Å². The third-order valence-corrected chi connectivity index (χ3v) is 5.51. The van der Waals surface area contributed by atoms with Gasteiger partial charge in [0.2, 0.25) is 23.6 Å². The van der Waals surface area contributed by atoms with Crippen molar-refractivity contribution in [2.75, 3.05) is 6.54 Å². The van der Waals surface area contributed by atoms with Crippen LogP contribution in [0.25, 0.3) is 0 Å². The molecule has 0 bridgehead atoms. The first-order valence-corrected chi connectivity index (χ1v) is 11.8. The number of nitrogens with zero attached hydrogens (tertiary/aromatic N) is 1. The molecule has 0 aliphatic heterocycles. The Morgan fingerprint density at radius 1 is 0.972 bits per heavy atom. The Bertz CT molecular complexity index is 876. The van der Waals surface area contributed by atoms with Crippen molar-refractivity contribution >= 4 is 29.6 Å². The number of unbranched alkanes of at least 4 members (excludes halogenated alkanes) is 1. The molecule has 0 radical (unpaired) electrons. The minimum Gasteiger partial charge on any atom is -0.480 e. The van der Waals surface area contributed by atoms with Crippen LogP contribution in [0.5, 0.6) is 0 Å². The minimum absolute atomic E-state index is 0.0467. The van der Waals surface area contributed by atoms with E-state index in [1.54, 1.807) is 13.8 Å². The Morgan fingerprint density at radius 2 is 1.56 bits per heavy atom. The summed E-state index contributed by atoms with van der Waals surface area (Å²) in [6.45, 7) is 3.84. The number of rotatable bonds is 17. The summed E-state index contributed by atoms with van der Waals surface area (Å²) < 4.78 is 0. The molecule has 1 heterocycles. The molecule has 1 rings (SSSR count). The van der Waals surface area contributed by atoms with Crippen molar-refractivity contribution in [1.82, 2.24) is 25.9 Å². The van der Waals surface area contributed by atoms with Crippen LogP contribution in [0.2, 0.25) is 0 Å². The molecule has 4 unspecified atom stereocenters. The lowest BCUT2D eigenvalue weighted by Gasteiger charge is -2.25. The number of carbonyl (C=O) groups is 5. The van der Waals surface area contributed by atoms with Crippen LogP contribution in [0.1, 0.15) is 51.6 Å². The fourth-order valence-corrected chi connectivity index (χ4v) is 3.25. The minimum atomic E-state index is -1.28. The van der Waals surface area contributed by atoms with Crippen LogP contribution < -0.4 is 33.2 Å². The molecular weight excluding hydrogens is 472 g/mol. The van der Waals surface area contributed by atoms with Gasteiger partial charge < -0.3 is 43.2 Å². The summed E-state index contributed by atoms with van der Waals surface area (Å²) in [7, 11) is 0. The summed E-state index contributed by atoms with van der Waals surface area (Å²) in [6, 6.07) is -4.46. The molecule has 0 aliphatic carbocycles. The predicted molar refractivity (Wildman–Crippen MR) is 130 cm³/mol. The molecule has 0 aromatic carbocycles. The van der Waals surface area contributed by atoms with Crippen molar-refractivity contribution in [1.29, 1.82) is 0 Å². The number of hydrogen-bond acceptors (Lipinski definition) is 8. The molecule has 14 heteroatoms. The predicted octanol–water partition coefficient (Wildman–Crippen LogP) is -2.13. The fourth-order valence-electron chi connectivity index (χ4n) is 3.25. The molecule has 0 fully saturated rings. The van der Waals surface area contributed by atoms with E-state index in [1.165, 1.54) is 12.5 Å². The molecule has 0 saturated heterocycles. The van der Waals surface area contributed by atoms with Gasteiger partial charge in [-0.1, -0.05) is 13.8 Å². The molecule has 4 amide bonds. The van der Waals surface area contributed by atoms with Gasteiger partial charge >= 0.3 is 5.97 Å². The zero-order valence-electron chi connectivity index (χ0n) is 20.7. The van der Waals surface area contributed by atoms with Crippen molar-refractivity contribution in [3.8, 4) is 0 Å². The van der Waals surface area contributed by atoms with Crippen molar-refractivity contribution in [2.45, 2.75) is 76.5 Å². The number of nitrogens with two attached hydrogens (primary N) is 3. The van der Waals surface area contributed by atoms with Crippen LogP contribution in [0.3, 0.4) is 0 Å². The summed E-state index contributed by atoms with van der Waals surface area (Å²) in [4.78, 5) is 68.1. The number of carbonyl (C=O) groups excluding carboxylic acids is 4. The molecule has 36 heavy (non-hydrogen) atoms. The smallest absolute Gasteiger partial charge is 0.326 e. The number of aromatic nitrogens is 2. The zero-order chi connectivity index (χ0) is 27.3. The van der Waals surface area contributed by atoms with Gasteiger partial charge in [-0.25, -0.2) is 9.78 Å². The maximum absolute atomic E-state index is 13.1. The number of carboxylic acids is 1. The van der Waals surface area contributed by atoms with Gasteiger partial charge in [0.25, 0.3) is 0 Å². The molecular formula is C22H38N8O6. The number of imidazole rings is 1. The van der Waals surface area contributed by atoms with E-state index in [4.69, 9.17) is 17.2 Å². The van der Waals surface area contributed by atoms with E-state index in [0.717, 1.165) is 0 Å². The van der Waals surface area contributed by atoms with E-state index in [1.807, 2.05) is 0 Å². The Hall–Kier alpha value is -3.52. The third kappa shape index (κ3) is 10.8. The lowest BCUT2D eigenvalue weighted by Crippen LogP contribution is -2.57. The maximum atomic E-state index is 13.1. The second-order valence-electron chi connectivity index (χ2n) is 8.86. The summed E-state index contributed by atoms with van der Waals surface area (Å²) >= 11 is 0. The van der Waals surface area contributed by atoms with Gasteiger partial charge in [0.05, 0.1) is 12.4 Å². The average Bonchev–Trinajstić information content (AvgIpc) is 3.32. The van der Waals surface area contributed by atoms with Crippen molar-refractivity contribution in [2.24, 2.45) is 23.1 Å². The van der Waals surface area contributed by atoms with Gasteiger partial charge in [0, 0.05) is 24.7 Å². The molecule has 0 saturated carbocycles. The SMILES string of the molecule is CC(C)C(N)C(=O)NC(CCC(N)=O)C(=O)NC(CCCCN)C(=O)NC(Cc1cnc[nH]1)C(=O)O. The molecule has 1 aromatic heterocycles. The first-order chi connectivity index (χ1) is 17.0. The number of primary amides is 1. The number of nitrogens with one attached hydrogen (secondary N) is 4. The Morgan fingerprint density at radius 3 is 2.06 bits per heavy atom. The quantitative estimate of drug-likeness (QED) is 0.106. The Labute approximate surface area is 209 Å². The van der Waals surface area contributed by atoms with Gasteiger partial charge in [0.1, 0.15) is 18.1 Å². The van der Waals surface area contributed by atoms with E-state index in [9.17, 15) is 29.1 Å². The number of hydrogen-bond donors (Lipinski definition) is 8. The highest BCUT2D eigenvalue weighted by molar-refractivity contribution is 5.94. The van der Waals surface area contributed by atoms with Crippen LogP contribution in [0.4, 0.5) is 0 Å². The highest BCUT2D eigenvalue weighted by atomic mass is 16.4. The average molecular weight is 511 g/mol. The highest BCUT2D eigenvalue weighted by Crippen LogP contribution is 2.07. The maximum Gasteiger partial charge on any atom is 0.326 e. The van der Waals surface area contributed by atoms with Gasteiger partial charge in [-0.15, -0.1) is 0 Å². The van der Waals surface area contributed by atoms with Crippen LogP contribution in [0.15, 0.2) is 12.5 Å². The topological polar surface area (TPSA) is 248 Å². The Balaban J connectivity index is 3.01.